The maximum Gasteiger partial charge on any atom is 0.268 e. The molecular weight excluding hydrogens is 511 g/mol. The lowest BCUT2D eigenvalue weighted by Gasteiger charge is -2.15. The lowest BCUT2D eigenvalue weighted by Crippen LogP contribution is -2.83. The Balaban J connectivity index is 1.40. The van der Waals surface area contributed by atoms with Gasteiger partial charge in [0, 0.05) is 42.6 Å². The number of hydrogen-bond acceptors (Lipinski definition) is 3. The van der Waals surface area contributed by atoms with Crippen LogP contribution in [0.15, 0.2) is 79.1 Å². The number of nitrogens with one attached hydrogen (secondary N) is 2. The average molecular weight is 539 g/mol. The second-order valence-corrected chi connectivity index (χ2v) is 9.39. The third-order valence-corrected chi connectivity index (χ3v) is 6.59. The van der Waals surface area contributed by atoms with Crippen LogP contribution in [0.25, 0.3) is 16.9 Å². The van der Waals surface area contributed by atoms with E-state index in [2.05, 4.69) is 15.4 Å². The molecule has 2 aromatic heterocycles. The first kappa shape index (κ1) is 26.3. The Kier molecular flexibility index (Phi) is 8.90. The molecule has 6 N–H and O–H groups in total. The number of hydrogen-bond donors (Lipinski definition) is 4. The number of aromatic nitrogens is 3. The molecule has 0 aliphatic rings. The number of carbonyl (C=O) groups excluding carboxylic acids is 2. The van der Waals surface area contributed by atoms with Gasteiger partial charge in [-0.3, -0.25) is 14.6 Å². The van der Waals surface area contributed by atoms with Gasteiger partial charge in [-0.15, -0.1) is 0 Å². The summed E-state index contributed by atoms with van der Waals surface area (Å²) in [6, 6.07) is 20.0. The number of aromatic amines is 1. The minimum Gasteiger partial charge on any atom is -0.368 e. The summed E-state index contributed by atoms with van der Waals surface area (Å²) in [6.45, 7) is 1.12. The molecule has 2 heterocycles. The van der Waals surface area contributed by atoms with E-state index in [0.29, 0.717) is 29.6 Å². The highest BCUT2D eigenvalue weighted by Gasteiger charge is 2.23. The van der Waals surface area contributed by atoms with Crippen LogP contribution in [-0.4, -0.2) is 34.5 Å². The normalized spacial score (nSPS) is 11.7. The lowest BCUT2D eigenvalue weighted by atomic mass is 10.1. The van der Waals surface area contributed by atoms with Gasteiger partial charge in [0.05, 0.1) is 23.0 Å². The molecule has 8 nitrogen and oxygen atoms in total. The van der Waals surface area contributed by atoms with E-state index >= 15 is 0 Å². The number of pyridine rings is 1. The Morgan fingerprint density at radius 3 is 2.57 bits per heavy atom. The zero-order chi connectivity index (χ0) is 26.2. The van der Waals surface area contributed by atoms with Crippen molar-refractivity contribution in [1.29, 1.82) is 0 Å². The second kappa shape index (κ2) is 12.5. The Labute approximate surface area is 224 Å². The summed E-state index contributed by atoms with van der Waals surface area (Å²) in [6.07, 6.45) is 4.11. The molecule has 37 heavy (non-hydrogen) atoms. The molecule has 1 atom stereocenters. The molecular formula is C27H28Cl2N6O2+2. The highest BCUT2D eigenvalue weighted by Crippen LogP contribution is 2.23. The van der Waals surface area contributed by atoms with Crippen LogP contribution in [0.1, 0.15) is 17.7 Å². The van der Waals surface area contributed by atoms with Crippen molar-refractivity contribution in [3.63, 3.8) is 0 Å². The summed E-state index contributed by atoms with van der Waals surface area (Å²) in [5.41, 5.74) is 10.1. The van der Waals surface area contributed by atoms with Crippen molar-refractivity contribution in [1.82, 2.24) is 15.4 Å². The van der Waals surface area contributed by atoms with Crippen LogP contribution in [-0.2, 0) is 22.6 Å². The van der Waals surface area contributed by atoms with Crippen molar-refractivity contribution in [2.45, 2.75) is 25.4 Å². The molecule has 0 aliphatic heterocycles. The van der Waals surface area contributed by atoms with Gasteiger partial charge < -0.3 is 16.4 Å². The third kappa shape index (κ3) is 7.16. The van der Waals surface area contributed by atoms with E-state index in [9.17, 15) is 9.59 Å². The van der Waals surface area contributed by atoms with Gasteiger partial charge in [-0.25, -0.2) is 0 Å². The molecule has 4 rings (SSSR count). The monoisotopic (exact) mass is 538 g/mol. The maximum absolute atomic E-state index is 12.5. The number of rotatable bonds is 11. The molecule has 4 aromatic rings. The average Bonchev–Trinajstić information content (AvgIpc) is 3.33. The second-order valence-electron chi connectivity index (χ2n) is 8.58. The molecule has 2 amide bonds. The first-order valence-corrected chi connectivity index (χ1v) is 12.6. The number of benzene rings is 2. The number of carbonyl (C=O) groups is 2. The van der Waals surface area contributed by atoms with Gasteiger partial charge in [-0.2, -0.15) is 5.10 Å². The Bertz CT molecular complexity index is 1360. The van der Waals surface area contributed by atoms with Crippen LogP contribution in [0, 0.1) is 0 Å². The minimum absolute atomic E-state index is 0.224. The molecule has 10 heteroatoms. The van der Waals surface area contributed by atoms with E-state index in [1.54, 1.807) is 24.5 Å². The standard InChI is InChI=1S/C27H26Cl2N6O2/c28-22-9-8-20(14-23(22)29)35-21(15-24(34-35)19-7-4-11-31-16-19)17-32-12-10-26(36)33-25(27(30)37)13-18-5-2-1-3-6-18/h1-9,11,14-16,25,32H,10,12-13,17H2,(H3,30,33,36,37)/p+2/t25-/m0/s1. The molecule has 0 spiro atoms. The number of quaternary nitrogens is 1. The van der Waals surface area contributed by atoms with Crippen LogP contribution in [0.3, 0.4) is 0 Å². The molecule has 0 aliphatic carbocycles. The number of nitrogens with two attached hydrogens (primary N) is 2. The third-order valence-electron chi connectivity index (χ3n) is 5.85. The Morgan fingerprint density at radius 2 is 1.86 bits per heavy atom. The molecule has 0 bridgehead atoms. The van der Waals surface area contributed by atoms with Crippen molar-refractivity contribution in [3.8, 4) is 16.9 Å². The predicted molar refractivity (Wildman–Crippen MR) is 142 cm³/mol. The summed E-state index contributed by atoms with van der Waals surface area (Å²) in [5.74, 6) is -0.780. The van der Waals surface area contributed by atoms with Crippen LogP contribution in [0.2, 0.25) is 10.0 Å². The number of halogens is 2. The van der Waals surface area contributed by atoms with E-state index in [0.717, 1.165) is 28.2 Å². The maximum atomic E-state index is 12.5. The van der Waals surface area contributed by atoms with Crippen molar-refractivity contribution in [2.75, 3.05) is 6.54 Å². The minimum atomic E-state index is -0.751. The van der Waals surface area contributed by atoms with E-state index in [1.165, 1.54) is 0 Å². The molecule has 0 saturated heterocycles. The van der Waals surface area contributed by atoms with Gasteiger partial charge in [-0.05, 0) is 23.8 Å². The van der Waals surface area contributed by atoms with Gasteiger partial charge in [0.15, 0.2) is 6.54 Å². The summed E-state index contributed by atoms with van der Waals surface area (Å²) in [4.78, 5) is 28.6. The fourth-order valence-corrected chi connectivity index (χ4v) is 4.24. The lowest BCUT2D eigenvalue weighted by molar-refractivity contribution is -0.719. The number of H-pyrrole nitrogens is 1. The van der Waals surface area contributed by atoms with Gasteiger partial charge in [0.1, 0.15) is 11.7 Å². The molecule has 0 saturated carbocycles. The Hall–Kier alpha value is -3.72. The molecule has 2 aromatic carbocycles. The van der Waals surface area contributed by atoms with Crippen LogP contribution in [0.4, 0.5) is 0 Å². The number of primary amides is 1. The molecule has 0 unspecified atom stereocenters. The molecule has 190 valence electrons. The number of amides is 2. The van der Waals surface area contributed by atoms with Gasteiger partial charge in [0.25, 0.3) is 5.69 Å². The van der Waals surface area contributed by atoms with Gasteiger partial charge in [-0.1, -0.05) is 58.2 Å². The zero-order valence-electron chi connectivity index (χ0n) is 20.0. The number of nitrogens with zero attached hydrogens (tertiary/aromatic N) is 2. The van der Waals surface area contributed by atoms with Crippen LogP contribution >= 0.6 is 23.2 Å². The van der Waals surface area contributed by atoms with Crippen LogP contribution < -0.4 is 21.0 Å². The first-order chi connectivity index (χ1) is 17.9. The topological polar surface area (TPSA) is 121 Å². The largest absolute Gasteiger partial charge is 0.368 e. The summed E-state index contributed by atoms with van der Waals surface area (Å²) in [5, 5.41) is 9.12. The molecule has 0 radical (unpaired) electrons. The smallest absolute Gasteiger partial charge is 0.268 e. The van der Waals surface area contributed by atoms with Crippen molar-refractivity contribution in [2.24, 2.45) is 5.73 Å². The van der Waals surface area contributed by atoms with Crippen molar-refractivity contribution >= 4 is 35.0 Å². The summed E-state index contributed by atoms with van der Waals surface area (Å²) in [7, 11) is 0. The van der Waals surface area contributed by atoms with Crippen LogP contribution in [0.5, 0.6) is 0 Å². The fraction of sp³-hybridized carbons (Fsp3) is 0.185. The van der Waals surface area contributed by atoms with Crippen molar-refractivity contribution < 1.29 is 19.6 Å². The summed E-state index contributed by atoms with van der Waals surface area (Å²) >= 11 is 12.4. The fourth-order valence-electron chi connectivity index (χ4n) is 3.95. The quantitative estimate of drug-likeness (QED) is 0.173. The van der Waals surface area contributed by atoms with E-state index in [4.69, 9.17) is 28.9 Å². The van der Waals surface area contributed by atoms with Crippen molar-refractivity contribution in [3.05, 3.63) is 100 Å². The van der Waals surface area contributed by atoms with E-state index in [1.807, 2.05) is 64.6 Å². The predicted octanol–water partition coefficient (Wildman–Crippen LogP) is 2.33. The SMILES string of the molecule is NC(=O)[C@H](Cc1ccccc1)NC(=O)CC[NH2+]Cc1cc(-c2cccnc2)[nH][n+]1-c1ccc(Cl)c(Cl)c1. The van der Waals surface area contributed by atoms with E-state index < -0.39 is 11.9 Å². The zero-order valence-corrected chi connectivity index (χ0v) is 21.5. The Morgan fingerprint density at radius 1 is 1.05 bits per heavy atom. The highest BCUT2D eigenvalue weighted by molar-refractivity contribution is 6.42. The highest BCUT2D eigenvalue weighted by atomic mass is 35.5. The molecule has 0 fully saturated rings. The summed E-state index contributed by atoms with van der Waals surface area (Å²) < 4.78 is 1.93. The first-order valence-electron chi connectivity index (χ1n) is 11.8. The van der Waals surface area contributed by atoms with Gasteiger partial charge in [0.2, 0.25) is 17.5 Å². The van der Waals surface area contributed by atoms with E-state index in [-0.39, 0.29) is 12.3 Å². The van der Waals surface area contributed by atoms with Gasteiger partial charge >= 0.3 is 0 Å².